The minimum atomic E-state index is -2.59. The first-order valence-corrected chi connectivity index (χ1v) is 40.9. The van der Waals surface area contributed by atoms with Gasteiger partial charge in [-0.05, 0) is 114 Å². The number of carbonyl (C=O) groups excluding carboxylic acids is 7. The molecule has 42 heteroatoms. The normalized spacial score (nSPS) is 26.7. The largest absolute Gasteiger partial charge is 0.508 e. The summed E-state index contributed by atoms with van der Waals surface area (Å²) in [7, 11) is 1.34. The Morgan fingerprint density at radius 3 is 1.72 bits per heavy atom. The molecule has 7 aromatic rings. The van der Waals surface area contributed by atoms with Gasteiger partial charge in [0.25, 0.3) is 0 Å². The minimum Gasteiger partial charge on any atom is -0.508 e. The number of benzene rings is 7. The molecule has 22 N–H and O–H groups in total. The van der Waals surface area contributed by atoms with Crippen molar-refractivity contribution < 1.29 is 148 Å². The highest BCUT2D eigenvalue weighted by atomic mass is 35.5. The van der Waals surface area contributed by atoms with Crippen molar-refractivity contribution in [1.29, 1.82) is 0 Å². The van der Waals surface area contributed by atoms with Crippen molar-refractivity contribution in [3.8, 4) is 80.1 Å². The van der Waals surface area contributed by atoms with Crippen LogP contribution in [0.1, 0.15) is 152 Å². The van der Waals surface area contributed by atoms with Crippen molar-refractivity contribution in [3.05, 3.63) is 162 Å². The van der Waals surface area contributed by atoms with E-state index in [0.717, 1.165) is 136 Å². The summed E-state index contributed by atoms with van der Waals surface area (Å²) < 4.78 is 43.8. The number of fused-ring (bicyclic) bond motifs is 14. The molecule has 7 aromatic carbocycles. The van der Waals surface area contributed by atoms with E-state index in [1.807, 2.05) is 0 Å². The molecule has 0 spiro atoms. The number of aliphatic hydroxyl groups excluding tert-OH is 8. The third kappa shape index (κ3) is 19.4. The highest BCUT2D eigenvalue weighted by molar-refractivity contribution is 6.37. The molecule has 8 heterocycles. The number of likely N-dealkylation sites (N-methyl/N-ethyl adjacent to an activating group) is 1. The van der Waals surface area contributed by atoms with Crippen molar-refractivity contribution >= 4 is 99.7 Å². The molecule has 2 saturated heterocycles. The fourth-order valence-corrected chi connectivity index (χ4v) is 16.4. The molecule has 8 aliphatic rings. The van der Waals surface area contributed by atoms with Crippen LogP contribution in [0.2, 0.25) is 20.1 Å². The van der Waals surface area contributed by atoms with E-state index in [1.165, 1.54) is 19.2 Å². The van der Waals surface area contributed by atoms with E-state index >= 15 is 24.0 Å². The third-order valence-corrected chi connectivity index (χ3v) is 23.2. The maximum Gasteiger partial charge on any atom is 0.335 e. The van der Waals surface area contributed by atoms with Crippen LogP contribution in [0, 0.1) is 0 Å². The number of phenols is 4. The number of aromatic hydroxyl groups is 4. The van der Waals surface area contributed by atoms with Gasteiger partial charge in [-0.3, -0.25) is 33.6 Å². The fourth-order valence-electron chi connectivity index (χ4n) is 15.4. The van der Waals surface area contributed by atoms with Gasteiger partial charge in [0.15, 0.2) is 40.9 Å². The molecular formula is C83H86Cl4N8O30. The van der Waals surface area contributed by atoms with Crippen LogP contribution in [0.15, 0.2) is 103 Å². The lowest BCUT2D eigenvalue weighted by Gasteiger charge is -2.41. The fraction of sp³-hybridized carbons (Fsp3) is 0.386. The van der Waals surface area contributed by atoms with E-state index in [0.29, 0.717) is 12.8 Å². The second kappa shape index (κ2) is 38.7. The van der Waals surface area contributed by atoms with Crippen molar-refractivity contribution in [1.82, 2.24) is 42.5 Å². The molecule has 38 nitrogen and oxygen atoms in total. The van der Waals surface area contributed by atoms with Gasteiger partial charge in [-0.1, -0.05) is 123 Å². The Labute approximate surface area is 729 Å². The van der Waals surface area contributed by atoms with Crippen molar-refractivity contribution in [2.45, 2.75) is 187 Å². The van der Waals surface area contributed by atoms with E-state index in [9.17, 15) is 90.7 Å². The van der Waals surface area contributed by atoms with Crippen molar-refractivity contribution in [2.75, 3.05) is 13.7 Å². The Morgan fingerprint density at radius 2 is 1.06 bits per heavy atom. The number of nitrogens with one attached hydrogen (secondary N) is 8. The van der Waals surface area contributed by atoms with Gasteiger partial charge >= 0.3 is 11.9 Å². The third-order valence-electron chi connectivity index (χ3n) is 22.0. The van der Waals surface area contributed by atoms with E-state index in [2.05, 4.69) is 49.5 Å². The topological polar surface area (TPSA) is 598 Å². The van der Waals surface area contributed by atoms with Gasteiger partial charge in [0.2, 0.25) is 59.7 Å². The lowest BCUT2D eigenvalue weighted by Crippen LogP contribution is -2.66. The van der Waals surface area contributed by atoms with Gasteiger partial charge < -0.3 is 147 Å². The molecule has 0 aliphatic carbocycles. The summed E-state index contributed by atoms with van der Waals surface area (Å²) >= 11 is 28.5. The van der Waals surface area contributed by atoms with Crippen LogP contribution in [0.25, 0.3) is 11.1 Å². The molecule has 666 valence electrons. The smallest absolute Gasteiger partial charge is 0.335 e. The molecule has 17 bridgehead atoms. The highest BCUT2D eigenvalue weighted by Gasteiger charge is 2.52. The van der Waals surface area contributed by atoms with E-state index in [4.69, 9.17) is 79.6 Å². The highest BCUT2D eigenvalue weighted by Crippen LogP contribution is 2.52. The van der Waals surface area contributed by atoms with E-state index in [1.54, 1.807) is 0 Å². The molecule has 0 radical (unpaired) electrons. The van der Waals surface area contributed by atoms with Crippen LogP contribution in [0.4, 0.5) is 0 Å². The van der Waals surface area contributed by atoms with Gasteiger partial charge in [-0.15, -0.1) is 0 Å². The Kier molecular flexibility index (Phi) is 28.3. The van der Waals surface area contributed by atoms with Crippen LogP contribution in [-0.4, -0.2) is 212 Å². The zero-order valence-electron chi connectivity index (χ0n) is 65.9. The summed E-state index contributed by atoms with van der Waals surface area (Å²) in [5.74, 6) is -22.0. The molecule has 19 atom stereocenters. The molecule has 7 amide bonds. The van der Waals surface area contributed by atoms with Gasteiger partial charge in [-0.2, -0.15) is 0 Å². The van der Waals surface area contributed by atoms with E-state index in [-0.39, 0.29) is 17.5 Å². The predicted molar refractivity (Wildman–Crippen MR) is 435 cm³/mol. The first-order chi connectivity index (χ1) is 59.6. The quantitative estimate of drug-likeness (QED) is 0.0467. The Hall–Kier alpha value is -11.3. The number of carbonyl (C=O) groups is 9. The first-order valence-electron chi connectivity index (χ1n) is 39.4. The zero-order chi connectivity index (χ0) is 90.0. The maximum absolute atomic E-state index is 16.7. The number of aliphatic hydroxyl groups is 8. The summed E-state index contributed by atoms with van der Waals surface area (Å²) in [5, 5.41) is 178. The van der Waals surface area contributed by atoms with Gasteiger partial charge in [0.1, 0.15) is 126 Å². The Morgan fingerprint density at radius 1 is 0.480 bits per heavy atom. The second-order valence-corrected chi connectivity index (χ2v) is 32.1. The number of hydrogen-bond donors (Lipinski definition) is 22. The number of phenolic OH excluding ortho intramolecular Hbond substituents is 4. The number of aliphatic carboxylic acids is 2. The molecule has 0 aromatic heterocycles. The first kappa shape index (κ1) is 91.4. The molecular weight excluding hydrogens is 1730 g/mol. The number of unbranched alkanes of at least 4 members (excludes halogenated alkanes) is 8. The van der Waals surface area contributed by atoms with Crippen LogP contribution < -0.4 is 66.2 Å². The average molecular weight is 1820 g/mol. The second-order valence-electron chi connectivity index (χ2n) is 30.5. The number of amides is 7. The van der Waals surface area contributed by atoms with Gasteiger partial charge in [0.05, 0.1) is 26.7 Å². The van der Waals surface area contributed by atoms with Crippen molar-refractivity contribution in [3.63, 3.8) is 0 Å². The number of carboxylic acid groups (broad SMARTS) is 2. The molecule has 0 saturated carbocycles. The van der Waals surface area contributed by atoms with Crippen LogP contribution in [0.3, 0.4) is 0 Å². The summed E-state index contributed by atoms with van der Waals surface area (Å²) in [6, 6.07) is -1.37. The lowest BCUT2D eigenvalue weighted by atomic mass is 9.89. The maximum atomic E-state index is 16.7. The molecule has 2 fully saturated rings. The SMILES string of the molecule is CCCCCCCCCCCC(=O)N[C@@H]1[C@H](Oc2c3cc4cc2Oc2c(Cl)cc(cc2Cl)[C@H](O)[C@@H]2NC(=O)[C@H](NC(=O)C4NC(=O)C4NC(=O)[C@H](NC(=O)[C@H](NC)c5ccc(O)c(c5)Oc5cc(O)c(Cl)c4c5)[C@H](O)c4ccc(c(Cl)c4)O3)c3ccc(O)c(c3)-c3c(O[C@H]4O[C@@H](CO)[C@H](O)[C@H](O)[C@@H]4O)cc(O)cc3[C@H](C(=O)O)NC2=O)O[C@@H](C(=O)O)[C@@H](O)[C@H]1O. The number of ether oxygens (including phenoxy) is 7. The molecule has 2 unspecified atom stereocenters. The van der Waals surface area contributed by atoms with Crippen molar-refractivity contribution in [2.24, 2.45) is 0 Å². The van der Waals surface area contributed by atoms with Crippen LogP contribution >= 0.6 is 46.4 Å². The minimum absolute atomic E-state index is 0.0712. The number of hydrogen-bond acceptors (Lipinski definition) is 29. The summed E-state index contributed by atoms with van der Waals surface area (Å²) in [5.41, 5.74) is -4.54. The number of halogens is 4. The summed E-state index contributed by atoms with van der Waals surface area (Å²) in [4.78, 5) is 136. The summed E-state index contributed by atoms with van der Waals surface area (Å²) in [6.45, 7) is 1.08. The predicted octanol–water partition coefficient (Wildman–Crippen LogP) is 5.13. The van der Waals surface area contributed by atoms with Gasteiger partial charge in [-0.25, -0.2) is 9.59 Å². The number of carboxylic acids is 2. The van der Waals surface area contributed by atoms with Crippen LogP contribution in [0.5, 0.6) is 69.0 Å². The molecule has 15 rings (SSSR count). The molecule has 8 aliphatic heterocycles. The number of rotatable bonds is 19. The van der Waals surface area contributed by atoms with Crippen LogP contribution in [-0.2, 0) is 52.6 Å². The molecule has 125 heavy (non-hydrogen) atoms. The Bertz CT molecular complexity index is 5340. The monoisotopic (exact) mass is 1810 g/mol. The Balaban J connectivity index is 1.06. The zero-order valence-corrected chi connectivity index (χ0v) is 68.9. The average Bonchev–Trinajstić information content (AvgIpc) is 0.759. The summed E-state index contributed by atoms with van der Waals surface area (Å²) in [6.07, 6.45) is -16.8. The van der Waals surface area contributed by atoms with E-state index < -0.39 is 304 Å². The lowest BCUT2D eigenvalue weighted by molar-refractivity contribution is -0.277. The standard InChI is InChI=1S/C83H86Cl4N8O30/c1-3-4-5-6-7-8-9-10-11-12-53(101)89-63-67(105)69(107)73(81(117)118)125-82(63)124-72-50-24-34-25-51(72)121-71-42(85)21-35(22-43(71)86)65(103)62-79(114)93-60(80(115)116)39-26-36(97)27-49(122-83-70(108)68(106)66(104)52(30-96)123-83)54(39)38-19-31(13-16-44(38)98)57(75(110)95-62)90-76(111)58(34)91-77(112)59-40-28-37(29-46(100)55(40)87)119-48-23-32(14-17-45(48)99)56(88-2)74(109)94-61(78(113)92-59)64(102)33-15-18-47(120-50)41(84)20-33/h13-29,52,56-70,73,82-83,88,96-100,102-108H,3-12,30H2,1-2H3,(H,89,101)(H,90,111)(H,91,112)(H,92,113)(H,93,114)(H,94,109)(H,95,110)(H,115,116)(H,117,118)/t52-,56+,57+,58?,59?,60+,61+,62-,63-,64+,65-,66-,67-,68-,69-,70-,73+,82+,83-/m0/s1. The van der Waals surface area contributed by atoms with Gasteiger partial charge in [0, 0.05) is 40.8 Å².